The topological polar surface area (TPSA) is 39.9 Å². The first-order chi connectivity index (χ1) is 7.61. The lowest BCUT2D eigenvalue weighted by atomic mass is 10.3. The second kappa shape index (κ2) is 4.65. The van der Waals surface area contributed by atoms with E-state index in [1.54, 1.807) is 12.1 Å². The summed E-state index contributed by atoms with van der Waals surface area (Å²) < 4.78 is -0.444. The van der Waals surface area contributed by atoms with Crippen LogP contribution >= 0.6 is 45.8 Å². The fourth-order valence-corrected chi connectivity index (χ4v) is 1.86. The van der Waals surface area contributed by atoms with E-state index >= 15 is 0 Å². The molecule has 1 aromatic carbocycles. The number of benzene rings is 1. The monoisotopic (exact) mass is 367 g/mol. The van der Waals surface area contributed by atoms with Gasteiger partial charge in [-0.15, -0.1) is 11.5 Å². The minimum absolute atomic E-state index is 0.420. The van der Waals surface area contributed by atoms with Crippen LogP contribution in [0, 0.1) is 12.3 Å². The molecule has 1 unspecified atom stereocenters. The maximum Gasteiger partial charge on any atom is 0.236 e. The molecule has 1 heterocycles. The van der Waals surface area contributed by atoms with Crippen molar-refractivity contribution >= 4 is 56.8 Å². The van der Waals surface area contributed by atoms with Gasteiger partial charge in [0.15, 0.2) is 0 Å². The van der Waals surface area contributed by atoms with Gasteiger partial charge < -0.3 is 4.84 Å². The van der Waals surface area contributed by atoms with E-state index in [0.717, 1.165) is 0 Å². The van der Waals surface area contributed by atoms with Crippen molar-refractivity contribution < 1.29 is 4.84 Å². The Balaban J connectivity index is 2.52. The standard InChI is InChI=1S/C9H4Cl2IN3O/c1-2-8(12)16-15-7-4-5(10)3-6(11)9(7)13-14-15/h1,3-4,8H. The minimum Gasteiger partial charge on any atom is -0.368 e. The van der Waals surface area contributed by atoms with Crippen molar-refractivity contribution in [3.63, 3.8) is 0 Å². The van der Waals surface area contributed by atoms with E-state index in [-0.39, 0.29) is 0 Å². The SMILES string of the molecule is C#CC(I)On1nnc2c(Cl)cc(Cl)cc21. The van der Waals surface area contributed by atoms with Crippen molar-refractivity contribution in [1.82, 2.24) is 15.2 Å². The van der Waals surface area contributed by atoms with Gasteiger partial charge in [-0.3, -0.25) is 0 Å². The molecule has 7 heteroatoms. The Morgan fingerprint density at radius 3 is 2.94 bits per heavy atom. The molecule has 82 valence electrons. The van der Waals surface area contributed by atoms with E-state index in [4.69, 9.17) is 34.5 Å². The molecule has 0 fully saturated rings. The predicted octanol–water partition coefficient (Wildman–Crippen LogP) is 2.56. The van der Waals surface area contributed by atoms with Gasteiger partial charge >= 0.3 is 0 Å². The Morgan fingerprint density at radius 2 is 2.25 bits per heavy atom. The van der Waals surface area contributed by atoms with E-state index in [1.807, 2.05) is 22.6 Å². The van der Waals surface area contributed by atoms with E-state index in [0.29, 0.717) is 21.1 Å². The van der Waals surface area contributed by atoms with Gasteiger partial charge in [-0.05, 0) is 45.9 Å². The van der Waals surface area contributed by atoms with E-state index in [9.17, 15) is 0 Å². The van der Waals surface area contributed by atoms with Crippen LogP contribution in [-0.4, -0.2) is 19.3 Å². The van der Waals surface area contributed by atoms with Crippen LogP contribution in [0.1, 0.15) is 0 Å². The molecule has 16 heavy (non-hydrogen) atoms. The molecule has 0 saturated carbocycles. The maximum atomic E-state index is 5.95. The lowest BCUT2D eigenvalue weighted by Crippen LogP contribution is -2.19. The lowest BCUT2D eigenvalue weighted by molar-refractivity contribution is 0.104. The van der Waals surface area contributed by atoms with Crippen molar-refractivity contribution in [3.8, 4) is 12.3 Å². The third-order valence-electron chi connectivity index (χ3n) is 1.76. The summed E-state index contributed by atoms with van der Waals surface area (Å²) in [7, 11) is 0. The molecule has 0 spiro atoms. The van der Waals surface area contributed by atoms with Gasteiger partial charge in [-0.1, -0.05) is 28.0 Å². The molecule has 0 aliphatic carbocycles. The summed E-state index contributed by atoms with van der Waals surface area (Å²) in [5.74, 6) is 2.41. The summed E-state index contributed by atoms with van der Waals surface area (Å²) in [6.45, 7) is 0. The Bertz CT molecular complexity index is 578. The largest absolute Gasteiger partial charge is 0.368 e. The number of nitrogens with zero attached hydrogens (tertiary/aromatic N) is 3. The molecule has 0 radical (unpaired) electrons. The first-order valence-corrected chi connectivity index (χ1v) is 6.10. The number of halogens is 3. The Hall–Kier alpha value is -0.710. The van der Waals surface area contributed by atoms with Gasteiger partial charge in [-0.2, -0.15) is 0 Å². The molecule has 4 nitrogen and oxygen atoms in total. The third-order valence-corrected chi connectivity index (χ3v) is 2.86. The zero-order valence-corrected chi connectivity index (χ0v) is 11.4. The molecule has 0 saturated heterocycles. The van der Waals surface area contributed by atoms with E-state index in [2.05, 4.69) is 16.2 Å². The summed E-state index contributed by atoms with van der Waals surface area (Å²) in [6, 6.07) is 3.25. The molecular weight excluding hydrogens is 364 g/mol. The Kier molecular flexibility index (Phi) is 3.42. The smallest absolute Gasteiger partial charge is 0.236 e. The van der Waals surface area contributed by atoms with Gasteiger partial charge in [0.1, 0.15) is 11.0 Å². The molecule has 0 amide bonds. The second-order valence-corrected chi connectivity index (χ2v) is 4.78. The first-order valence-electron chi connectivity index (χ1n) is 4.09. The summed E-state index contributed by atoms with van der Waals surface area (Å²) in [6.07, 6.45) is 5.20. The quantitative estimate of drug-likeness (QED) is 0.465. The average molecular weight is 368 g/mol. The first kappa shape index (κ1) is 11.8. The van der Waals surface area contributed by atoms with Gasteiger partial charge in [0.25, 0.3) is 0 Å². The average Bonchev–Trinajstić information content (AvgIpc) is 2.61. The molecular formula is C9H4Cl2IN3O. The van der Waals surface area contributed by atoms with Crippen LogP contribution in [-0.2, 0) is 0 Å². The van der Waals surface area contributed by atoms with E-state index < -0.39 is 4.11 Å². The second-order valence-electron chi connectivity index (χ2n) is 2.81. The molecule has 0 N–H and O–H groups in total. The fraction of sp³-hybridized carbons (Fsp3) is 0.111. The van der Waals surface area contributed by atoms with Crippen LogP contribution < -0.4 is 4.84 Å². The number of hydrogen-bond acceptors (Lipinski definition) is 3. The zero-order chi connectivity index (χ0) is 11.7. The molecule has 2 aromatic rings. The normalized spacial score (nSPS) is 12.4. The Morgan fingerprint density at radius 1 is 1.50 bits per heavy atom. The number of aromatic nitrogens is 3. The highest BCUT2D eigenvalue weighted by molar-refractivity contribution is 14.1. The fourth-order valence-electron chi connectivity index (χ4n) is 1.13. The molecule has 1 aromatic heterocycles. The minimum atomic E-state index is -0.444. The van der Waals surface area contributed by atoms with Gasteiger partial charge in [0.2, 0.25) is 4.11 Å². The van der Waals surface area contributed by atoms with Crippen LogP contribution in [0.2, 0.25) is 10.0 Å². The number of rotatable bonds is 2. The van der Waals surface area contributed by atoms with Crippen LogP contribution in [0.4, 0.5) is 0 Å². The number of hydrogen-bond donors (Lipinski definition) is 0. The van der Waals surface area contributed by atoms with Crippen molar-refractivity contribution in [2.75, 3.05) is 0 Å². The predicted molar refractivity (Wildman–Crippen MR) is 70.8 cm³/mol. The molecule has 0 aliphatic heterocycles. The number of alkyl halides is 1. The van der Waals surface area contributed by atoms with E-state index in [1.165, 1.54) is 4.85 Å². The highest BCUT2D eigenvalue weighted by Gasteiger charge is 2.12. The maximum absolute atomic E-state index is 5.95. The van der Waals surface area contributed by atoms with Crippen LogP contribution in [0.25, 0.3) is 11.0 Å². The van der Waals surface area contributed by atoms with Crippen LogP contribution in [0.5, 0.6) is 0 Å². The highest BCUT2D eigenvalue weighted by atomic mass is 127. The summed E-state index contributed by atoms with van der Waals surface area (Å²) in [4.78, 5) is 6.52. The van der Waals surface area contributed by atoms with Crippen molar-refractivity contribution in [3.05, 3.63) is 22.2 Å². The van der Waals surface area contributed by atoms with Crippen LogP contribution in [0.15, 0.2) is 12.1 Å². The van der Waals surface area contributed by atoms with Gasteiger partial charge in [0, 0.05) is 5.02 Å². The van der Waals surface area contributed by atoms with Crippen molar-refractivity contribution in [2.24, 2.45) is 0 Å². The van der Waals surface area contributed by atoms with Crippen molar-refractivity contribution in [1.29, 1.82) is 0 Å². The molecule has 0 bridgehead atoms. The summed E-state index contributed by atoms with van der Waals surface area (Å²) in [5.41, 5.74) is 1.10. The molecule has 2 rings (SSSR count). The lowest BCUT2D eigenvalue weighted by Gasteiger charge is -2.06. The van der Waals surface area contributed by atoms with Gasteiger partial charge in [0.05, 0.1) is 5.02 Å². The van der Waals surface area contributed by atoms with Crippen molar-refractivity contribution in [2.45, 2.75) is 4.11 Å². The number of fused-ring (bicyclic) bond motifs is 1. The zero-order valence-electron chi connectivity index (χ0n) is 7.69. The number of terminal acetylenes is 1. The molecule has 0 aliphatic rings. The van der Waals surface area contributed by atoms with Gasteiger partial charge in [-0.25, -0.2) is 0 Å². The third kappa shape index (κ3) is 2.19. The summed E-state index contributed by atoms with van der Waals surface area (Å²) >= 11 is 13.8. The summed E-state index contributed by atoms with van der Waals surface area (Å²) in [5, 5.41) is 8.56. The highest BCUT2D eigenvalue weighted by Crippen LogP contribution is 2.25. The molecule has 1 atom stereocenters. The van der Waals surface area contributed by atoms with Crippen LogP contribution in [0.3, 0.4) is 0 Å². The Labute approximate surface area is 115 Å².